The Labute approximate surface area is 200 Å². The van der Waals surface area contributed by atoms with Gasteiger partial charge < -0.3 is 0 Å². The van der Waals surface area contributed by atoms with Crippen LogP contribution in [0, 0.1) is 0 Å². The van der Waals surface area contributed by atoms with Crippen LogP contribution in [0.5, 0.6) is 0 Å². The van der Waals surface area contributed by atoms with E-state index in [4.69, 9.17) is 32.4 Å². The van der Waals surface area contributed by atoms with E-state index in [1.165, 1.54) is 11.1 Å². The average Bonchev–Trinajstić information content (AvgIpc) is 3.25. The minimum absolute atomic E-state index is 0.0834. The van der Waals surface area contributed by atoms with E-state index in [-0.39, 0.29) is 5.44 Å². The summed E-state index contributed by atoms with van der Waals surface area (Å²) in [5.41, 5.74) is 2.71. The van der Waals surface area contributed by atoms with E-state index in [1.54, 1.807) is 6.26 Å². The van der Waals surface area contributed by atoms with E-state index < -0.39 is 4.71 Å². The Kier molecular flexibility index (Phi) is 9.66. The van der Waals surface area contributed by atoms with Gasteiger partial charge in [-0.25, -0.2) is 0 Å². The topological polar surface area (TPSA) is 22.4 Å². The Hall–Kier alpha value is -0.441. The van der Waals surface area contributed by atoms with Crippen molar-refractivity contribution in [1.82, 2.24) is 0 Å². The summed E-state index contributed by atoms with van der Waals surface area (Å²) < 4.78 is 10.0. The van der Waals surface area contributed by atoms with E-state index in [0.29, 0.717) is 6.61 Å². The van der Waals surface area contributed by atoms with E-state index in [1.807, 2.05) is 47.8 Å². The molecule has 0 aliphatic carbocycles. The number of aryl methyl sites for hydroxylation is 2. The Morgan fingerprint density at radius 1 is 0.933 bits per heavy atom. The van der Waals surface area contributed by atoms with Gasteiger partial charge in [0.05, 0.1) is 0 Å². The molecule has 30 heavy (non-hydrogen) atoms. The summed E-state index contributed by atoms with van der Waals surface area (Å²) in [7, 11) is 0. The fourth-order valence-electron chi connectivity index (χ4n) is 3.01. The molecule has 0 fully saturated rings. The van der Waals surface area contributed by atoms with Gasteiger partial charge in [-0.1, -0.05) is 0 Å². The zero-order valence-electron chi connectivity index (χ0n) is 16.8. The number of rotatable bonds is 11. The molecule has 0 aliphatic rings. The number of hydrogen-bond acceptors (Lipinski definition) is 3. The molecule has 0 bridgehead atoms. The number of ether oxygens (including phenoxy) is 1. The monoisotopic (exact) mass is 546 g/mol. The van der Waals surface area contributed by atoms with Crippen LogP contribution in [0.25, 0.3) is 0 Å². The van der Waals surface area contributed by atoms with Gasteiger partial charge in [0.25, 0.3) is 0 Å². The first kappa shape index (κ1) is 24.2. The summed E-state index contributed by atoms with van der Waals surface area (Å²) in [5, 5.41) is 1.56. The molecule has 1 aromatic heterocycles. The van der Waals surface area contributed by atoms with Gasteiger partial charge in [-0.3, -0.25) is 0 Å². The third kappa shape index (κ3) is 8.24. The van der Waals surface area contributed by atoms with Crippen molar-refractivity contribution in [3.63, 3.8) is 0 Å². The summed E-state index contributed by atoms with van der Waals surface area (Å²) in [6.07, 6.45) is 5.95. The molecule has 3 rings (SSSR count). The second-order valence-electron chi connectivity index (χ2n) is 7.08. The van der Waals surface area contributed by atoms with Crippen LogP contribution < -0.4 is 0 Å². The van der Waals surface area contributed by atoms with Gasteiger partial charge >= 0.3 is 202 Å². The van der Waals surface area contributed by atoms with Gasteiger partial charge in [0.15, 0.2) is 0 Å². The van der Waals surface area contributed by atoms with Crippen molar-refractivity contribution in [2.75, 3.05) is 12.3 Å². The third-order valence-corrected chi connectivity index (χ3v) is 14.9. The molecule has 3 aromatic rings. The zero-order valence-corrected chi connectivity index (χ0v) is 21.7. The molecule has 160 valence electrons. The molecule has 0 aliphatic heterocycles. The van der Waals surface area contributed by atoms with Gasteiger partial charge in [0, 0.05) is 0 Å². The predicted octanol–water partition coefficient (Wildman–Crippen LogP) is 7.68. The van der Waals surface area contributed by atoms with Crippen LogP contribution in [0.3, 0.4) is 0 Å². The van der Waals surface area contributed by atoms with E-state index in [9.17, 15) is 0 Å². The molecule has 0 spiro atoms. The fourth-order valence-corrected chi connectivity index (χ4v) is 12.0. The average molecular weight is 546 g/mol. The Morgan fingerprint density at radius 3 is 1.93 bits per heavy atom. The second kappa shape index (κ2) is 12.0. The Morgan fingerprint density at radius 2 is 1.47 bits per heavy atom. The van der Waals surface area contributed by atoms with Crippen LogP contribution >= 0.6 is 39.3 Å². The molecule has 0 N–H and O–H groups in total. The number of furan rings is 1. The molecule has 0 saturated heterocycles. The molecule has 7 heteroatoms. The first-order valence-corrected chi connectivity index (χ1v) is 16.4. The number of halogens is 2. The quantitative estimate of drug-likeness (QED) is 0.140. The first-order valence-electron chi connectivity index (χ1n) is 9.81. The molecular formula is C23H25Cl2O2PSSe. The Bertz CT molecular complexity index is 893. The molecule has 2 aromatic carbocycles. The molecule has 1 atom stereocenters. The maximum atomic E-state index is 6.06. The molecule has 0 radical (unpaired) electrons. The molecule has 1 unspecified atom stereocenters. The molecule has 2 nitrogen and oxygen atoms in total. The van der Waals surface area contributed by atoms with Crippen molar-refractivity contribution in [2.24, 2.45) is 0 Å². The summed E-state index contributed by atoms with van der Waals surface area (Å²) in [6, 6.07) is 20.2. The van der Waals surface area contributed by atoms with Crippen molar-refractivity contribution in [2.45, 2.75) is 31.8 Å². The van der Waals surface area contributed by atoms with Crippen LogP contribution in [0.1, 0.15) is 23.8 Å². The van der Waals surface area contributed by atoms with Gasteiger partial charge in [-0.15, -0.1) is 0 Å². The van der Waals surface area contributed by atoms with Crippen LogP contribution in [0.2, 0.25) is 10.0 Å². The van der Waals surface area contributed by atoms with Gasteiger partial charge in [-0.2, -0.15) is 0 Å². The van der Waals surface area contributed by atoms with E-state index >= 15 is 0 Å². The molecular weight excluding hydrogens is 521 g/mol. The minimum atomic E-state index is -1.42. The third-order valence-electron chi connectivity index (χ3n) is 4.69. The van der Waals surface area contributed by atoms with Crippen molar-refractivity contribution >= 4 is 54.4 Å². The van der Waals surface area contributed by atoms with Crippen LogP contribution in [-0.4, -0.2) is 32.9 Å². The van der Waals surface area contributed by atoms with Gasteiger partial charge in [0.1, 0.15) is 0 Å². The van der Waals surface area contributed by atoms with E-state index in [2.05, 4.69) is 46.3 Å². The summed E-state index contributed by atoms with van der Waals surface area (Å²) in [4.78, 5) is 0. The van der Waals surface area contributed by atoms with Crippen LogP contribution in [0.4, 0.5) is 0 Å². The van der Waals surface area contributed by atoms with Crippen molar-refractivity contribution < 1.29 is 9.15 Å². The van der Waals surface area contributed by atoms with Crippen molar-refractivity contribution in [3.8, 4) is 0 Å². The SMILES string of the molecule is CC(OCc1ccco1)SP(=[Se])(CCc1ccc(Cl)cc1)CCc1ccc(Cl)cc1. The zero-order chi connectivity index (χ0) is 21.4. The van der Waals surface area contributed by atoms with Crippen LogP contribution in [-0.2, 0) is 24.2 Å². The maximum absolute atomic E-state index is 6.06. The Balaban J connectivity index is 1.63. The molecule has 1 heterocycles. The molecule has 0 amide bonds. The van der Waals surface area contributed by atoms with Gasteiger partial charge in [-0.05, 0) is 0 Å². The standard InChI is InChI=1S/C23H25Cl2O2PSSe/c1-18(27-17-23-3-2-14-26-23)29-28(30,15-12-19-4-8-21(24)9-5-19)16-13-20-6-10-22(25)11-7-20/h2-11,14,18H,12-13,15-17H2,1H3. The summed E-state index contributed by atoms with van der Waals surface area (Å²) in [6.45, 7) is 2.62. The fraction of sp³-hybridized carbons (Fsp3) is 0.304. The van der Waals surface area contributed by atoms with E-state index in [0.717, 1.165) is 41.0 Å². The number of benzene rings is 2. The predicted molar refractivity (Wildman–Crippen MR) is 133 cm³/mol. The normalized spacial score (nSPS) is 12.8. The number of hydrogen-bond donors (Lipinski definition) is 0. The van der Waals surface area contributed by atoms with Crippen LogP contribution in [0.15, 0.2) is 71.3 Å². The summed E-state index contributed by atoms with van der Waals surface area (Å²) in [5.74, 6) is 0.855. The van der Waals surface area contributed by atoms with Crippen molar-refractivity contribution in [3.05, 3.63) is 93.9 Å². The molecule has 0 saturated carbocycles. The van der Waals surface area contributed by atoms with Crippen molar-refractivity contribution in [1.29, 1.82) is 0 Å². The first-order chi connectivity index (χ1) is 14.4. The second-order valence-corrected chi connectivity index (χ2v) is 20.0. The van der Waals surface area contributed by atoms with Gasteiger partial charge in [0.2, 0.25) is 0 Å². The summed E-state index contributed by atoms with van der Waals surface area (Å²) >= 11 is 17.6.